The fourth-order valence-electron chi connectivity index (χ4n) is 1.52. The third-order valence-electron chi connectivity index (χ3n) is 2.37. The lowest BCUT2D eigenvalue weighted by Crippen LogP contribution is -2.06. The van der Waals surface area contributed by atoms with Gasteiger partial charge in [0.1, 0.15) is 0 Å². The number of carbonyl (C=O) groups is 1. The van der Waals surface area contributed by atoms with Crippen LogP contribution in [0.15, 0.2) is 0 Å². The molecule has 1 saturated carbocycles. The molecule has 0 amide bonds. The first-order valence-corrected chi connectivity index (χ1v) is 4.45. The van der Waals surface area contributed by atoms with Crippen LogP contribution in [-0.2, 0) is 9.53 Å². The first-order chi connectivity index (χ1) is 5.51. The Balaban J connectivity index is 2.43. The van der Waals surface area contributed by atoms with Crippen LogP contribution in [0.1, 0.15) is 13.8 Å². The summed E-state index contributed by atoms with van der Waals surface area (Å²) in [7, 11) is 0. The monoisotopic (exact) mass is 192 g/mol. The van der Waals surface area contributed by atoms with Crippen molar-refractivity contribution < 1.29 is 14.6 Å². The molecule has 0 aromatic heterocycles. The van der Waals surface area contributed by atoms with Gasteiger partial charge < -0.3 is 9.84 Å². The fraction of sp³-hybridized carbons (Fsp3) is 0.875. The number of carboxylic acids is 1. The smallest absolute Gasteiger partial charge is 0.309 e. The van der Waals surface area contributed by atoms with Gasteiger partial charge in [-0.3, -0.25) is 4.79 Å². The molecule has 1 aliphatic carbocycles. The third-order valence-corrected chi connectivity index (χ3v) is 2.52. The Morgan fingerprint density at radius 2 is 2.25 bits per heavy atom. The predicted octanol–water partition coefficient (Wildman–Crippen LogP) is 1.35. The summed E-state index contributed by atoms with van der Waals surface area (Å²) >= 11 is 5.42. The van der Waals surface area contributed by atoms with E-state index in [1.54, 1.807) is 0 Å². The van der Waals surface area contributed by atoms with Crippen LogP contribution in [0.3, 0.4) is 0 Å². The van der Waals surface area contributed by atoms with Gasteiger partial charge in [-0.05, 0) is 0 Å². The van der Waals surface area contributed by atoms with Crippen LogP contribution < -0.4 is 0 Å². The van der Waals surface area contributed by atoms with Crippen LogP contribution in [0.4, 0.5) is 0 Å². The average molecular weight is 193 g/mol. The van der Waals surface area contributed by atoms with Crippen molar-refractivity contribution in [1.82, 2.24) is 0 Å². The Morgan fingerprint density at radius 3 is 2.58 bits per heavy atom. The quantitative estimate of drug-likeness (QED) is 0.684. The Morgan fingerprint density at radius 1 is 1.67 bits per heavy atom. The number of carboxylic acid groups (broad SMARTS) is 1. The van der Waals surface area contributed by atoms with Crippen LogP contribution in [-0.4, -0.2) is 29.7 Å². The van der Waals surface area contributed by atoms with Gasteiger partial charge in [0.05, 0.1) is 18.6 Å². The molecule has 3 nitrogen and oxygen atoms in total. The van der Waals surface area contributed by atoms with Crippen LogP contribution in [0, 0.1) is 11.3 Å². The molecule has 4 heteroatoms. The van der Waals surface area contributed by atoms with Gasteiger partial charge in [-0.25, -0.2) is 0 Å². The zero-order valence-electron chi connectivity index (χ0n) is 7.21. The maximum Gasteiger partial charge on any atom is 0.309 e. The minimum atomic E-state index is -0.778. The van der Waals surface area contributed by atoms with Gasteiger partial charge >= 0.3 is 5.97 Å². The highest BCUT2D eigenvalue weighted by Crippen LogP contribution is 2.54. The van der Waals surface area contributed by atoms with Crippen molar-refractivity contribution in [3.63, 3.8) is 0 Å². The first kappa shape index (κ1) is 9.81. The summed E-state index contributed by atoms with van der Waals surface area (Å²) in [6, 6.07) is 0. The van der Waals surface area contributed by atoms with E-state index in [0.29, 0.717) is 12.5 Å². The molecule has 1 N–H and O–H groups in total. The van der Waals surface area contributed by atoms with E-state index in [2.05, 4.69) is 0 Å². The molecule has 0 saturated heterocycles. The molecule has 0 radical (unpaired) electrons. The molecule has 1 rings (SSSR count). The van der Waals surface area contributed by atoms with Crippen molar-refractivity contribution in [3.8, 4) is 0 Å². The maximum atomic E-state index is 10.6. The Kier molecular flexibility index (Phi) is 2.64. The maximum absolute atomic E-state index is 10.6. The zero-order chi connectivity index (χ0) is 9.35. The second-order valence-electron chi connectivity index (χ2n) is 3.62. The second-order valence-corrected chi connectivity index (χ2v) is 4.00. The Hall–Kier alpha value is -0.280. The Labute approximate surface area is 76.7 Å². The summed E-state index contributed by atoms with van der Waals surface area (Å²) < 4.78 is 5.28. The summed E-state index contributed by atoms with van der Waals surface area (Å²) in [4.78, 5) is 10.6. The van der Waals surface area contributed by atoms with E-state index < -0.39 is 5.97 Å². The van der Waals surface area contributed by atoms with Crippen LogP contribution in [0.2, 0.25) is 0 Å². The lowest BCUT2D eigenvalue weighted by molar-refractivity contribution is -0.140. The van der Waals surface area contributed by atoms with Crippen LogP contribution in [0.5, 0.6) is 0 Å². The van der Waals surface area contributed by atoms with Gasteiger partial charge in [-0.15, -0.1) is 11.6 Å². The Bertz CT molecular complexity index is 191. The molecule has 1 aliphatic rings. The largest absolute Gasteiger partial charge is 0.481 e. The molecule has 0 bridgehead atoms. The lowest BCUT2D eigenvalue weighted by atomic mass is 10.1. The third kappa shape index (κ3) is 1.57. The molecule has 2 atom stereocenters. The van der Waals surface area contributed by atoms with Gasteiger partial charge in [-0.1, -0.05) is 13.8 Å². The molecule has 1 fully saturated rings. The number of aliphatic carboxylic acids is 1. The van der Waals surface area contributed by atoms with Crippen molar-refractivity contribution >= 4 is 17.6 Å². The molecule has 70 valence electrons. The molecule has 0 aromatic carbocycles. The van der Waals surface area contributed by atoms with Gasteiger partial charge in [0.15, 0.2) is 0 Å². The highest BCUT2D eigenvalue weighted by Gasteiger charge is 2.63. The predicted molar refractivity (Wildman–Crippen MR) is 45.4 cm³/mol. The topological polar surface area (TPSA) is 46.5 Å². The van der Waals surface area contributed by atoms with Crippen molar-refractivity contribution in [1.29, 1.82) is 0 Å². The highest BCUT2D eigenvalue weighted by atomic mass is 35.5. The number of ether oxygens (including phenoxy) is 1. The number of halogens is 1. The zero-order valence-corrected chi connectivity index (χ0v) is 7.97. The van der Waals surface area contributed by atoms with E-state index in [9.17, 15) is 4.79 Å². The van der Waals surface area contributed by atoms with E-state index in [4.69, 9.17) is 21.4 Å². The molecular formula is C8H13ClO3. The number of hydrogen-bond donors (Lipinski definition) is 1. The molecule has 0 aliphatic heterocycles. The van der Waals surface area contributed by atoms with Gasteiger partial charge in [-0.2, -0.15) is 0 Å². The van der Waals surface area contributed by atoms with Crippen LogP contribution >= 0.6 is 11.6 Å². The molecule has 0 aromatic rings. The minimum Gasteiger partial charge on any atom is -0.481 e. The van der Waals surface area contributed by atoms with Crippen LogP contribution in [0.25, 0.3) is 0 Å². The van der Waals surface area contributed by atoms with Crippen molar-refractivity contribution in [2.75, 3.05) is 12.5 Å². The number of rotatable bonds is 4. The summed E-state index contributed by atoms with van der Waals surface area (Å²) in [5.41, 5.74) is -0.224. The molecule has 0 spiro atoms. The number of hydrogen-bond acceptors (Lipinski definition) is 2. The summed E-state index contributed by atoms with van der Waals surface area (Å²) in [5.74, 6) is -0.723. The molecule has 2 unspecified atom stereocenters. The first-order valence-electron chi connectivity index (χ1n) is 3.92. The fourth-order valence-corrected chi connectivity index (χ4v) is 1.61. The van der Waals surface area contributed by atoms with Crippen molar-refractivity contribution in [3.05, 3.63) is 0 Å². The normalized spacial score (nSPS) is 31.6. The molecule has 0 heterocycles. The van der Waals surface area contributed by atoms with Gasteiger partial charge in [0.25, 0.3) is 0 Å². The highest BCUT2D eigenvalue weighted by molar-refractivity contribution is 6.17. The average Bonchev–Trinajstić information content (AvgIpc) is 2.49. The van der Waals surface area contributed by atoms with E-state index in [0.717, 1.165) is 0 Å². The van der Waals surface area contributed by atoms with E-state index in [1.807, 2.05) is 13.8 Å². The van der Waals surface area contributed by atoms with Gasteiger partial charge in [0, 0.05) is 11.3 Å². The van der Waals surface area contributed by atoms with Crippen molar-refractivity contribution in [2.45, 2.75) is 20.0 Å². The lowest BCUT2D eigenvalue weighted by Gasteiger charge is -2.01. The molecule has 12 heavy (non-hydrogen) atoms. The standard InChI is InChI=1S/C8H13ClO3/c1-8(2)5(7(10)11)6(8)12-4-3-9/h5-6H,3-4H2,1-2H3,(H,10,11). The van der Waals surface area contributed by atoms with Crippen molar-refractivity contribution in [2.24, 2.45) is 11.3 Å². The second kappa shape index (κ2) is 3.23. The van der Waals surface area contributed by atoms with E-state index in [-0.39, 0.29) is 17.4 Å². The SMILES string of the molecule is CC1(C)C(OCCCl)C1C(=O)O. The summed E-state index contributed by atoms with van der Waals surface area (Å²) in [6.07, 6.45) is -0.159. The van der Waals surface area contributed by atoms with E-state index >= 15 is 0 Å². The number of alkyl halides is 1. The van der Waals surface area contributed by atoms with Gasteiger partial charge in [0.2, 0.25) is 0 Å². The molecular weight excluding hydrogens is 180 g/mol. The summed E-state index contributed by atoms with van der Waals surface area (Å²) in [6.45, 7) is 4.22. The summed E-state index contributed by atoms with van der Waals surface area (Å²) in [5, 5.41) is 8.75. The minimum absolute atomic E-state index is 0.159. The van der Waals surface area contributed by atoms with E-state index in [1.165, 1.54) is 0 Å².